The van der Waals surface area contributed by atoms with Crippen LogP contribution in [0.1, 0.15) is 28.3 Å². The molecule has 184 valence electrons. The Morgan fingerprint density at radius 3 is 2.59 bits per heavy atom. The summed E-state index contributed by atoms with van der Waals surface area (Å²) in [6.45, 7) is 5.69. The van der Waals surface area contributed by atoms with Crippen LogP contribution in [0.3, 0.4) is 0 Å². The number of benzene rings is 2. The van der Waals surface area contributed by atoms with E-state index in [0.717, 1.165) is 37.7 Å². The molecule has 0 bridgehead atoms. The van der Waals surface area contributed by atoms with Crippen molar-refractivity contribution >= 4 is 40.9 Å². The molecule has 0 aromatic heterocycles. The third-order valence-electron chi connectivity index (χ3n) is 6.73. The van der Waals surface area contributed by atoms with Crippen molar-refractivity contribution in [1.29, 1.82) is 0 Å². The Morgan fingerprint density at radius 2 is 1.88 bits per heavy atom. The number of carbonyl (C=O) groups excluding carboxylic acids is 1. The molecule has 2 aromatic rings. The molecule has 0 aliphatic carbocycles. The van der Waals surface area contributed by atoms with E-state index in [9.17, 15) is 13.6 Å². The number of hydrogen-bond donors (Lipinski definition) is 0. The van der Waals surface area contributed by atoms with Crippen molar-refractivity contribution in [3.8, 4) is 0 Å². The smallest absolute Gasteiger partial charge is 0.256 e. The highest BCUT2D eigenvalue weighted by molar-refractivity contribution is 7.99. The summed E-state index contributed by atoms with van der Waals surface area (Å²) < 4.78 is 27.9. The lowest BCUT2D eigenvalue weighted by Crippen LogP contribution is -2.61. The van der Waals surface area contributed by atoms with E-state index in [1.807, 2.05) is 23.9 Å². The summed E-state index contributed by atoms with van der Waals surface area (Å²) in [4.78, 5) is 19.4. The zero-order chi connectivity index (χ0) is 24.2. The van der Waals surface area contributed by atoms with E-state index in [1.165, 1.54) is 41.6 Å². The number of thioether (sulfide) groups is 1. The van der Waals surface area contributed by atoms with E-state index in [1.54, 1.807) is 13.1 Å². The maximum absolute atomic E-state index is 14.2. The maximum Gasteiger partial charge on any atom is 0.256 e. The molecule has 0 saturated carbocycles. The summed E-state index contributed by atoms with van der Waals surface area (Å²) in [7, 11) is 1.62. The zero-order valence-corrected chi connectivity index (χ0v) is 21.5. The van der Waals surface area contributed by atoms with E-state index >= 15 is 0 Å². The van der Waals surface area contributed by atoms with Gasteiger partial charge in [-0.2, -0.15) is 11.8 Å². The van der Waals surface area contributed by atoms with E-state index in [4.69, 9.17) is 23.2 Å². The fourth-order valence-corrected chi connectivity index (χ4v) is 5.89. The van der Waals surface area contributed by atoms with Crippen LogP contribution in [0.15, 0.2) is 36.4 Å². The third kappa shape index (κ3) is 6.05. The molecule has 4 rings (SSSR count). The third-order valence-corrected chi connectivity index (χ3v) is 8.41. The second kappa shape index (κ2) is 11.6. The van der Waals surface area contributed by atoms with Crippen molar-refractivity contribution in [2.75, 3.05) is 57.8 Å². The lowest BCUT2D eigenvalue weighted by atomic mass is 9.93. The highest BCUT2D eigenvalue weighted by Crippen LogP contribution is 2.30. The molecule has 4 nitrogen and oxygen atoms in total. The van der Waals surface area contributed by atoms with Gasteiger partial charge in [0, 0.05) is 63.2 Å². The molecule has 2 aliphatic rings. The van der Waals surface area contributed by atoms with Gasteiger partial charge < -0.3 is 9.80 Å². The van der Waals surface area contributed by atoms with Crippen molar-refractivity contribution in [2.45, 2.75) is 18.4 Å². The van der Waals surface area contributed by atoms with Crippen molar-refractivity contribution < 1.29 is 13.6 Å². The standard InChI is InChI=1S/C25H29Cl2F2N3OS/c1-30(25(33)20-3-2-4-23(28)24(20)29)14-18(17-5-6-21(26)22(27)13-17)7-8-31-15-19(16-31)32-9-11-34-12-10-32/h2-6,13,18-19H,7-12,14-16H2,1H3/t18-/m1/s1. The maximum atomic E-state index is 14.2. The van der Waals surface area contributed by atoms with E-state index < -0.39 is 17.5 Å². The lowest BCUT2D eigenvalue weighted by molar-refractivity contribution is 0.0371. The van der Waals surface area contributed by atoms with Crippen molar-refractivity contribution in [2.24, 2.45) is 0 Å². The van der Waals surface area contributed by atoms with Gasteiger partial charge in [-0.3, -0.25) is 9.69 Å². The first kappa shape index (κ1) is 25.7. The summed E-state index contributed by atoms with van der Waals surface area (Å²) in [6.07, 6.45) is 0.809. The van der Waals surface area contributed by atoms with Gasteiger partial charge in [-0.05, 0) is 42.8 Å². The minimum atomic E-state index is -1.12. The first-order valence-electron chi connectivity index (χ1n) is 11.5. The summed E-state index contributed by atoms with van der Waals surface area (Å²) in [5.41, 5.74) is 0.708. The fourth-order valence-electron chi connectivity index (χ4n) is 4.65. The molecule has 0 N–H and O–H groups in total. The second-order valence-electron chi connectivity index (χ2n) is 9.01. The Balaban J connectivity index is 1.41. The SMILES string of the molecule is CN(C[C@@H](CCN1CC(N2CCSCC2)C1)c1ccc(Cl)c(Cl)c1)C(=O)c1cccc(F)c1F. The number of hydrogen-bond acceptors (Lipinski definition) is 4. The Labute approximate surface area is 214 Å². The number of likely N-dealkylation sites (N-methyl/N-ethyl adjacent to an activating group) is 1. The normalized spacial score (nSPS) is 18.5. The lowest BCUT2D eigenvalue weighted by Gasteiger charge is -2.47. The van der Waals surface area contributed by atoms with Gasteiger partial charge in [0.15, 0.2) is 11.6 Å². The van der Waals surface area contributed by atoms with Crippen LogP contribution in [-0.2, 0) is 0 Å². The predicted molar refractivity (Wildman–Crippen MR) is 136 cm³/mol. The van der Waals surface area contributed by atoms with E-state index in [0.29, 0.717) is 22.6 Å². The van der Waals surface area contributed by atoms with Gasteiger partial charge in [0.1, 0.15) is 0 Å². The number of amides is 1. The monoisotopic (exact) mass is 527 g/mol. The predicted octanol–water partition coefficient (Wildman–Crippen LogP) is 5.25. The van der Waals surface area contributed by atoms with Gasteiger partial charge in [0.2, 0.25) is 0 Å². The average molecular weight is 528 g/mol. The number of nitrogens with zero attached hydrogens (tertiary/aromatic N) is 3. The van der Waals surface area contributed by atoms with E-state index in [-0.39, 0.29) is 11.5 Å². The molecular weight excluding hydrogens is 499 g/mol. The molecule has 2 aromatic carbocycles. The highest BCUT2D eigenvalue weighted by atomic mass is 35.5. The average Bonchev–Trinajstić information content (AvgIpc) is 2.81. The Bertz CT molecular complexity index is 1020. The molecule has 2 heterocycles. The topological polar surface area (TPSA) is 26.8 Å². The van der Waals surface area contributed by atoms with Gasteiger partial charge in [-0.15, -0.1) is 0 Å². The fraction of sp³-hybridized carbons (Fsp3) is 0.480. The highest BCUT2D eigenvalue weighted by Gasteiger charge is 2.33. The molecule has 0 unspecified atom stereocenters. The number of carbonyl (C=O) groups is 1. The number of halogens is 4. The van der Waals surface area contributed by atoms with E-state index in [2.05, 4.69) is 9.80 Å². The van der Waals surface area contributed by atoms with Gasteiger partial charge in [-0.1, -0.05) is 35.3 Å². The molecule has 9 heteroatoms. The van der Waals surface area contributed by atoms with Gasteiger partial charge >= 0.3 is 0 Å². The van der Waals surface area contributed by atoms with Crippen LogP contribution >= 0.6 is 35.0 Å². The largest absolute Gasteiger partial charge is 0.341 e. The minimum absolute atomic E-state index is 0.0224. The second-order valence-corrected chi connectivity index (χ2v) is 11.0. The molecule has 0 radical (unpaired) electrons. The first-order valence-corrected chi connectivity index (χ1v) is 13.4. The van der Waals surface area contributed by atoms with Crippen molar-refractivity contribution in [3.05, 3.63) is 69.2 Å². The molecule has 2 fully saturated rings. The molecule has 1 amide bonds. The number of rotatable bonds is 8. The van der Waals surface area contributed by atoms with Crippen LogP contribution in [0.2, 0.25) is 10.0 Å². The van der Waals surface area contributed by atoms with Gasteiger partial charge in [0.05, 0.1) is 15.6 Å². The quantitative estimate of drug-likeness (QED) is 0.468. The van der Waals surface area contributed by atoms with Crippen LogP contribution < -0.4 is 0 Å². The molecular formula is C25H29Cl2F2N3OS. The first-order chi connectivity index (χ1) is 16.3. The summed E-state index contributed by atoms with van der Waals surface area (Å²) >= 11 is 14.4. The van der Waals surface area contributed by atoms with Crippen LogP contribution in [-0.4, -0.2) is 84.5 Å². The van der Waals surface area contributed by atoms with Crippen molar-refractivity contribution in [3.63, 3.8) is 0 Å². The van der Waals surface area contributed by atoms with Crippen molar-refractivity contribution in [1.82, 2.24) is 14.7 Å². The van der Waals surface area contributed by atoms with Gasteiger partial charge in [0.25, 0.3) is 5.91 Å². The van der Waals surface area contributed by atoms with Gasteiger partial charge in [-0.25, -0.2) is 8.78 Å². The number of likely N-dealkylation sites (tertiary alicyclic amines) is 1. The molecule has 0 spiro atoms. The molecule has 2 aliphatic heterocycles. The molecule has 1 atom stereocenters. The zero-order valence-electron chi connectivity index (χ0n) is 19.2. The van der Waals surface area contributed by atoms with Crippen LogP contribution in [0.5, 0.6) is 0 Å². The summed E-state index contributed by atoms with van der Waals surface area (Å²) in [5, 5.41) is 0.932. The summed E-state index contributed by atoms with van der Waals surface area (Å²) in [6, 6.07) is 9.80. The Hall–Kier alpha value is -1.38. The summed E-state index contributed by atoms with van der Waals surface area (Å²) in [5.74, 6) is -0.294. The van der Waals surface area contributed by atoms with Crippen LogP contribution in [0, 0.1) is 11.6 Å². The molecule has 34 heavy (non-hydrogen) atoms. The van der Waals surface area contributed by atoms with Crippen LogP contribution in [0.25, 0.3) is 0 Å². The van der Waals surface area contributed by atoms with Crippen LogP contribution in [0.4, 0.5) is 8.78 Å². The minimum Gasteiger partial charge on any atom is -0.341 e. The molecule has 2 saturated heterocycles. The Kier molecular flexibility index (Phi) is 8.75. The Morgan fingerprint density at radius 1 is 1.15 bits per heavy atom.